The summed E-state index contributed by atoms with van der Waals surface area (Å²) in [4.78, 5) is 0.163. The molecule has 1 aromatic rings. The van der Waals surface area contributed by atoms with Crippen molar-refractivity contribution in [3.63, 3.8) is 0 Å². The molecule has 0 aliphatic heterocycles. The molecule has 0 amide bonds. The fraction of sp³-hybridized carbons (Fsp3) is 0.600. The molecule has 7 heteroatoms. The van der Waals surface area contributed by atoms with Gasteiger partial charge in [-0.3, -0.25) is 0 Å². The van der Waals surface area contributed by atoms with E-state index in [0.29, 0.717) is 21.1 Å². The van der Waals surface area contributed by atoms with E-state index in [9.17, 15) is 8.42 Å². The molecule has 1 heterocycles. The minimum Gasteiger partial charge on any atom is -0.209 e. The van der Waals surface area contributed by atoms with Crippen molar-refractivity contribution in [3.05, 3.63) is 15.9 Å². The molecular weight excluding hydrogens is 390 g/mol. The first-order valence-electron chi connectivity index (χ1n) is 5.19. The number of thiophene rings is 1. The van der Waals surface area contributed by atoms with Crippen molar-refractivity contribution in [3.8, 4) is 0 Å². The molecule has 0 saturated heterocycles. The van der Waals surface area contributed by atoms with Gasteiger partial charge in [-0.25, -0.2) is 13.1 Å². The Labute approximate surface area is 123 Å². The van der Waals surface area contributed by atoms with Crippen LogP contribution in [0.5, 0.6) is 0 Å². The minimum absolute atomic E-state index is 0.163. The molecule has 1 rings (SSSR count). The van der Waals surface area contributed by atoms with E-state index in [1.54, 1.807) is 11.4 Å². The first-order valence-corrected chi connectivity index (χ1v) is 9.27. The van der Waals surface area contributed by atoms with Crippen LogP contribution in [0.4, 0.5) is 0 Å². The molecule has 0 bridgehead atoms. The van der Waals surface area contributed by atoms with Crippen molar-refractivity contribution in [2.45, 2.75) is 29.3 Å². The first-order chi connectivity index (χ1) is 7.83. The number of alkyl halides is 1. The number of sulfonamides is 1. The molecule has 1 N–H and O–H groups in total. The summed E-state index contributed by atoms with van der Waals surface area (Å²) in [5.74, 6) is 0.539. The molecular formula is C10H15Br2NO2S2. The maximum absolute atomic E-state index is 12.0. The van der Waals surface area contributed by atoms with Gasteiger partial charge in [-0.15, -0.1) is 11.3 Å². The van der Waals surface area contributed by atoms with Crippen LogP contribution in [-0.4, -0.2) is 19.8 Å². The summed E-state index contributed by atoms with van der Waals surface area (Å²) >= 11 is 7.92. The predicted octanol–water partition coefficient (Wildman–Crippen LogP) is 3.60. The average molecular weight is 405 g/mol. The van der Waals surface area contributed by atoms with Gasteiger partial charge < -0.3 is 0 Å². The lowest BCUT2D eigenvalue weighted by Crippen LogP contribution is -2.30. The molecule has 0 saturated carbocycles. The number of hydrogen-bond donors (Lipinski definition) is 1. The smallest absolute Gasteiger partial charge is 0.209 e. The Kier molecular flexibility index (Phi) is 6.12. The molecule has 0 aliphatic rings. The lowest BCUT2D eigenvalue weighted by atomic mass is 10.1. The van der Waals surface area contributed by atoms with E-state index in [0.717, 1.165) is 6.42 Å². The van der Waals surface area contributed by atoms with Gasteiger partial charge in [-0.1, -0.05) is 29.8 Å². The summed E-state index contributed by atoms with van der Waals surface area (Å²) in [6.45, 7) is 4.63. The zero-order chi connectivity index (χ0) is 13.1. The summed E-state index contributed by atoms with van der Waals surface area (Å²) in [6.07, 6.45) is 0.939. The van der Waals surface area contributed by atoms with E-state index in [2.05, 4.69) is 50.4 Å². The molecule has 0 radical (unpaired) electrons. The average Bonchev–Trinajstić information content (AvgIpc) is 2.61. The Morgan fingerprint density at radius 1 is 1.47 bits per heavy atom. The lowest BCUT2D eigenvalue weighted by molar-refractivity contribution is 0.552. The largest absolute Gasteiger partial charge is 0.251 e. The van der Waals surface area contributed by atoms with E-state index in [-0.39, 0.29) is 4.83 Å². The highest BCUT2D eigenvalue weighted by molar-refractivity contribution is 9.10. The van der Waals surface area contributed by atoms with E-state index in [1.807, 2.05) is 0 Å². The maximum atomic E-state index is 12.0. The van der Waals surface area contributed by atoms with E-state index < -0.39 is 10.0 Å². The normalized spacial score (nSPS) is 14.2. The number of halogens is 2. The van der Waals surface area contributed by atoms with Gasteiger partial charge in [-0.05, 0) is 39.7 Å². The second-order valence-electron chi connectivity index (χ2n) is 4.13. The van der Waals surface area contributed by atoms with Gasteiger partial charge in [0, 0.05) is 15.8 Å². The summed E-state index contributed by atoms with van der Waals surface area (Å²) in [5.41, 5.74) is 0. The van der Waals surface area contributed by atoms with Crippen molar-refractivity contribution >= 4 is 53.2 Å². The molecule has 17 heavy (non-hydrogen) atoms. The molecule has 1 atom stereocenters. The van der Waals surface area contributed by atoms with E-state index in [4.69, 9.17) is 0 Å². The van der Waals surface area contributed by atoms with Gasteiger partial charge in [0.15, 0.2) is 0 Å². The third-order valence-electron chi connectivity index (χ3n) is 2.05. The number of rotatable bonds is 6. The zero-order valence-electron chi connectivity index (χ0n) is 9.61. The number of hydrogen-bond acceptors (Lipinski definition) is 3. The predicted molar refractivity (Wildman–Crippen MR) is 79.4 cm³/mol. The highest BCUT2D eigenvalue weighted by Crippen LogP contribution is 2.27. The number of nitrogens with one attached hydrogen (secondary N) is 1. The monoisotopic (exact) mass is 403 g/mol. The second kappa shape index (κ2) is 6.65. The Hall–Kier alpha value is 0.570. The Bertz CT molecular complexity index is 457. The summed E-state index contributed by atoms with van der Waals surface area (Å²) < 4.78 is 27.5. The van der Waals surface area contributed by atoms with E-state index in [1.165, 1.54) is 11.3 Å². The van der Waals surface area contributed by atoms with Crippen molar-refractivity contribution in [1.82, 2.24) is 4.72 Å². The molecule has 3 nitrogen and oxygen atoms in total. The molecule has 1 aromatic heterocycles. The molecule has 1 unspecified atom stereocenters. The Balaban J connectivity index is 2.60. The van der Waals surface area contributed by atoms with Crippen molar-refractivity contribution in [1.29, 1.82) is 0 Å². The van der Waals surface area contributed by atoms with Crippen LogP contribution < -0.4 is 4.72 Å². The van der Waals surface area contributed by atoms with Gasteiger partial charge in [0.2, 0.25) is 0 Å². The fourth-order valence-electron chi connectivity index (χ4n) is 1.33. The van der Waals surface area contributed by atoms with Crippen LogP contribution in [0.3, 0.4) is 0 Å². The van der Waals surface area contributed by atoms with Gasteiger partial charge in [-0.2, -0.15) is 0 Å². The van der Waals surface area contributed by atoms with Crippen LogP contribution in [-0.2, 0) is 10.0 Å². The van der Waals surface area contributed by atoms with E-state index >= 15 is 0 Å². The van der Waals surface area contributed by atoms with Crippen molar-refractivity contribution in [2.24, 2.45) is 5.92 Å². The molecule has 0 fully saturated rings. The first kappa shape index (κ1) is 15.6. The fourth-order valence-corrected chi connectivity index (χ4v) is 5.92. The molecule has 0 aromatic carbocycles. The topological polar surface area (TPSA) is 46.2 Å². The van der Waals surface area contributed by atoms with Gasteiger partial charge in [0.05, 0.1) is 0 Å². The van der Waals surface area contributed by atoms with Crippen LogP contribution in [0.1, 0.15) is 20.3 Å². The Morgan fingerprint density at radius 3 is 2.59 bits per heavy atom. The Morgan fingerprint density at radius 2 is 2.12 bits per heavy atom. The van der Waals surface area contributed by atoms with Crippen LogP contribution in [0.25, 0.3) is 0 Å². The third-order valence-corrected chi connectivity index (χ3v) is 6.84. The highest BCUT2D eigenvalue weighted by atomic mass is 79.9. The molecule has 98 valence electrons. The standard InChI is InChI=1S/C10H15Br2NO2S2/c1-7(2)5-8(11)6-13-17(14,15)10-9(12)3-4-16-10/h3-4,7-8,13H,5-6H2,1-2H3. The minimum atomic E-state index is -3.39. The highest BCUT2D eigenvalue weighted by Gasteiger charge is 2.20. The van der Waals surface area contributed by atoms with Gasteiger partial charge >= 0.3 is 0 Å². The third kappa shape index (κ3) is 4.98. The quantitative estimate of drug-likeness (QED) is 0.736. The van der Waals surface area contributed by atoms with Gasteiger partial charge in [0.25, 0.3) is 10.0 Å². The zero-order valence-corrected chi connectivity index (χ0v) is 14.4. The van der Waals surface area contributed by atoms with Crippen LogP contribution in [0.2, 0.25) is 0 Å². The van der Waals surface area contributed by atoms with Crippen LogP contribution in [0, 0.1) is 5.92 Å². The van der Waals surface area contributed by atoms with Crippen molar-refractivity contribution < 1.29 is 8.42 Å². The lowest BCUT2D eigenvalue weighted by Gasteiger charge is -2.13. The second-order valence-corrected chi connectivity index (χ2v) is 9.16. The summed E-state index contributed by atoms with van der Waals surface area (Å²) in [6, 6.07) is 1.74. The molecule has 0 spiro atoms. The molecule has 0 aliphatic carbocycles. The van der Waals surface area contributed by atoms with Gasteiger partial charge in [0.1, 0.15) is 4.21 Å². The maximum Gasteiger partial charge on any atom is 0.251 e. The summed E-state index contributed by atoms with van der Waals surface area (Å²) in [7, 11) is -3.39. The van der Waals surface area contributed by atoms with Crippen molar-refractivity contribution in [2.75, 3.05) is 6.54 Å². The van der Waals surface area contributed by atoms with Crippen LogP contribution in [0.15, 0.2) is 20.1 Å². The summed E-state index contributed by atoms with van der Waals surface area (Å²) in [5, 5.41) is 1.75. The van der Waals surface area contributed by atoms with Crippen LogP contribution >= 0.6 is 43.2 Å². The SMILES string of the molecule is CC(C)CC(Br)CNS(=O)(=O)c1sccc1Br.